The molecule has 1 aliphatic rings. The number of hydrogen-bond acceptors (Lipinski definition) is 3. The molecule has 2 aromatic carbocycles. The Morgan fingerprint density at radius 3 is 2.31 bits per heavy atom. The first-order chi connectivity index (χ1) is 14.0. The largest absolute Gasteiger partial charge is 0.370 e. The molecule has 0 unspecified atom stereocenters. The van der Waals surface area contributed by atoms with E-state index in [0.29, 0.717) is 0 Å². The third kappa shape index (κ3) is 3.83. The number of imidazole rings is 1. The lowest BCUT2D eigenvalue weighted by Crippen LogP contribution is -2.30. The summed E-state index contributed by atoms with van der Waals surface area (Å²) in [6, 6.07) is 13.7. The van der Waals surface area contributed by atoms with Gasteiger partial charge >= 0.3 is 5.69 Å². The number of nitrogens with zero attached hydrogens (tertiary/aromatic N) is 3. The monoisotopic (exact) mass is 390 g/mol. The Bertz CT molecular complexity index is 1120. The van der Waals surface area contributed by atoms with Crippen LogP contribution in [0.15, 0.2) is 53.3 Å². The van der Waals surface area contributed by atoms with Crippen LogP contribution in [0.25, 0.3) is 17.1 Å². The van der Waals surface area contributed by atoms with Gasteiger partial charge in [0.25, 0.3) is 0 Å². The lowest BCUT2D eigenvalue weighted by Gasteiger charge is -2.30. The van der Waals surface area contributed by atoms with Crippen molar-refractivity contribution in [2.45, 2.75) is 19.3 Å². The summed E-state index contributed by atoms with van der Waals surface area (Å²) in [5.74, 6) is -0.188. The Morgan fingerprint density at radius 1 is 0.966 bits per heavy atom. The van der Waals surface area contributed by atoms with Gasteiger partial charge in [0.1, 0.15) is 0 Å². The number of aryl methyl sites for hydroxylation is 2. The maximum atomic E-state index is 12.6. The number of hydrogen-bond donors (Lipinski definition) is 1. The lowest BCUT2D eigenvalue weighted by atomic mass is 10.1. The van der Waals surface area contributed by atoms with Crippen molar-refractivity contribution in [2.75, 3.05) is 23.3 Å². The zero-order chi connectivity index (χ0) is 20.4. The molecule has 0 radical (unpaired) electrons. The van der Waals surface area contributed by atoms with E-state index in [1.165, 1.54) is 6.42 Å². The number of carbonyl (C=O) groups is 1. The van der Waals surface area contributed by atoms with E-state index >= 15 is 0 Å². The van der Waals surface area contributed by atoms with Crippen LogP contribution in [-0.2, 0) is 18.9 Å². The topological polar surface area (TPSA) is 59.3 Å². The summed E-state index contributed by atoms with van der Waals surface area (Å²) in [6.45, 7) is 1.91. The first-order valence-electron chi connectivity index (χ1n) is 10.0. The lowest BCUT2D eigenvalue weighted by molar-refractivity contribution is -0.111. The smallest absolute Gasteiger partial charge is 0.328 e. The summed E-state index contributed by atoms with van der Waals surface area (Å²) in [6.07, 6.45) is 6.83. The first kappa shape index (κ1) is 19.1. The number of benzene rings is 2. The van der Waals surface area contributed by atoms with Gasteiger partial charge in [-0.05, 0) is 43.0 Å². The fourth-order valence-corrected chi connectivity index (χ4v) is 3.94. The molecule has 0 spiro atoms. The normalized spacial score (nSPS) is 14.6. The Kier molecular flexibility index (Phi) is 5.25. The minimum atomic E-state index is -0.188. The van der Waals surface area contributed by atoms with E-state index in [1.54, 1.807) is 35.4 Å². The molecule has 0 saturated carbocycles. The van der Waals surface area contributed by atoms with Gasteiger partial charge < -0.3 is 10.2 Å². The maximum absolute atomic E-state index is 12.6. The second kappa shape index (κ2) is 7.99. The molecule has 6 nitrogen and oxygen atoms in total. The fourth-order valence-electron chi connectivity index (χ4n) is 3.94. The summed E-state index contributed by atoms with van der Waals surface area (Å²) in [4.78, 5) is 27.3. The average Bonchev–Trinajstić information content (AvgIpc) is 2.97. The molecule has 0 bridgehead atoms. The highest BCUT2D eigenvalue weighted by atomic mass is 16.2. The van der Waals surface area contributed by atoms with Gasteiger partial charge in [-0.3, -0.25) is 13.9 Å². The van der Waals surface area contributed by atoms with E-state index in [1.807, 2.05) is 42.5 Å². The SMILES string of the molecule is Cn1c(=O)n(C)c2cc(N3CCCCC3)c(NC(=O)/C=C/c3ccccc3)cc21. The van der Waals surface area contributed by atoms with Crippen molar-refractivity contribution in [2.24, 2.45) is 14.1 Å². The number of rotatable bonds is 4. The highest BCUT2D eigenvalue weighted by Crippen LogP contribution is 2.33. The Balaban J connectivity index is 1.71. The molecule has 4 rings (SSSR count). The maximum Gasteiger partial charge on any atom is 0.328 e. The van der Waals surface area contributed by atoms with Gasteiger partial charge in [-0.25, -0.2) is 4.79 Å². The van der Waals surface area contributed by atoms with Crippen molar-refractivity contribution in [1.82, 2.24) is 9.13 Å². The predicted molar refractivity (Wildman–Crippen MR) is 118 cm³/mol. The molecule has 150 valence electrons. The van der Waals surface area contributed by atoms with Gasteiger partial charge in [-0.1, -0.05) is 30.3 Å². The van der Waals surface area contributed by atoms with Gasteiger partial charge in [-0.15, -0.1) is 0 Å². The molecule has 29 heavy (non-hydrogen) atoms. The highest BCUT2D eigenvalue weighted by Gasteiger charge is 2.19. The van der Waals surface area contributed by atoms with Gasteiger partial charge in [0.05, 0.1) is 22.4 Å². The zero-order valence-electron chi connectivity index (χ0n) is 16.9. The van der Waals surface area contributed by atoms with E-state index in [-0.39, 0.29) is 11.6 Å². The average molecular weight is 390 g/mol. The third-order valence-corrected chi connectivity index (χ3v) is 5.57. The second-order valence-corrected chi connectivity index (χ2v) is 7.54. The van der Waals surface area contributed by atoms with Crippen molar-refractivity contribution in [3.63, 3.8) is 0 Å². The second-order valence-electron chi connectivity index (χ2n) is 7.54. The van der Waals surface area contributed by atoms with Crippen LogP contribution in [0.2, 0.25) is 0 Å². The number of carbonyl (C=O) groups excluding carboxylic acids is 1. The first-order valence-corrected chi connectivity index (χ1v) is 10.0. The van der Waals surface area contributed by atoms with Crippen LogP contribution in [-0.4, -0.2) is 28.1 Å². The van der Waals surface area contributed by atoms with Crippen LogP contribution < -0.4 is 15.9 Å². The molecule has 1 aromatic heterocycles. The summed E-state index contributed by atoms with van der Waals surface area (Å²) >= 11 is 0. The number of piperidine rings is 1. The summed E-state index contributed by atoms with van der Waals surface area (Å²) in [5.41, 5.74) is 4.29. The molecule has 0 aliphatic carbocycles. The van der Waals surface area contributed by atoms with Gasteiger partial charge in [0.15, 0.2) is 0 Å². The Labute approximate surface area is 170 Å². The highest BCUT2D eigenvalue weighted by molar-refractivity contribution is 6.05. The van der Waals surface area contributed by atoms with Crippen LogP contribution in [0, 0.1) is 0 Å². The van der Waals surface area contributed by atoms with Gasteiger partial charge in [-0.2, -0.15) is 0 Å². The summed E-state index contributed by atoms with van der Waals surface area (Å²) in [5, 5.41) is 3.03. The predicted octanol–water partition coefficient (Wildman–Crippen LogP) is 3.52. The van der Waals surface area contributed by atoms with E-state index in [2.05, 4.69) is 10.2 Å². The molecular weight excluding hydrogens is 364 g/mol. The minimum absolute atomic E-state index is 0.0722. The fraction of sp³-hybridized carbons (Fsp3) is 0.304. The Morgan fingerprint density at radius 2 is 1.62 bits per heavy atom. The minimum Gasteiger partial charge on any atom is -0.370 e. The molecule has 1 N–H and O–H groups in total. The number of fused-ring (bicyclic) bond motifs is 1. The van der Waals surface area contributed by atoms with Gasteiger partial charge in [0, 0.05) is 33.3 Å². The molecule has 1 aliphatic heterocycles. The van der Waals surface area contributed by atoms with Crippen molar-refractivity contribution >= 4 is 34.4 Å². The number of aromatic nitrogens is 2. The van der Waals surface area contributed by atoms with Crippen LogP contribution in [0.1, 0.15) is 24.8 Å². The molecular formula is C23H26N4O2. The number of amides is 1. The van der Waals surface area contributed by atoms with E-state index in [4.69, 9.17) is 0 Å². The standard InChI is InChI=1S/C23H26N4O2/c1-25-20-15-18(24-22(28)12-11-17-9-5-3-6-10-17)19(27-13-7-4-8-14-27)16-21(20)26(2)23(25)29/h3,5-6,9-12,15-16H,4,7-8,13-14H2,1-2H3,(H,24,28)/b12-11+. The molecule has 2 heterocycles. The molecule has 3 aromatic rings. The number of anilines is 2. The Hall–Kier alpha value is -3.28. The molecule has 6 heteroatoms. The molecule has 0 atom stereocenters. The van der Waals surface area contributed by atoms with Crippen LogP contribution in [0.4, 0.5) is 11.4 Å². The molecule has 1 saturated heterocycles. The molecule has 1 fully saturated rings. The third-order valence-electron chi connectivity index (χ3n) is 5.57. The van der Waals surface area contributed by atoms with Crippen molar-refractivity contribution in [3.8, 4) is 0 Å². The summed E-state index contributed by atoms with van der Waals surface area (Å²) < 4.78 is 3.27. The van der Waals surface area contributed by atoms with Crippen LogP contribution >= 0.6 is 0 Å². The van der Waals surface area contributed by atoms with Gasteiger partial charge in [0.2, 0.25) is 5.91 Å². The molecule has 1 amide bonds. The zero-order valence-corrected chi connectivity index (χ0v) is 16.9. The van der Waals surface area contributed by atoms with Crippen LogP contribution in [0.5, 0.6) is 0 Å². The van der Waals surface area contributed by atoms with E-state index < -0.39 is 0 Å². The van der Waals surface area contributed by atoms with E-state index in [9.17, 15) is 9.59 Å². The van der Waals surface area contributed by atoms with Crippen molar-refractivity contribution in [3.05, 3.63) is 64.6 Å². The number of nitrogens with one attached hydrogen (secondary N) is 1. The van der Waals surface area contributed by atoms with Crippen molar-refractivity contribution < 1.29 is 4.79 Å². The quantitative estimate of drug-likeness (QED) is 0.694. The van der Waals surface area contributed by atoms with Crippen LogP contribution in [0.3, 0.4) is 0 Å². The van der Waals surface area contributed by atoms with E-state index in [0.717, 1.165) is 53.9 Å². The summed E-state index contributed by atoms with van der Waals surface area (Å²) in [7, 11) is 3.54. The van der Waals surface area contributed by atoms with Crippen molar-refractivity contribution in [1.29, 1.82) is 0 Å².